The van der Waals surface area contributed by atoms with E-state index in [2.05, 4.69) is 12.2 Å². The topological polar surface area (TPSA) is 12.0 Å². The highest BCUT2D eigenvalue weighted by Gasteiger charge is 1.96. The van der Waals surface area contributed by atoms with Crippen LogP contribution in [0.5, 0.6) is 0 Å². The van der Waals surface area contributed by atoms with E-state index in [1.807, 2.05) is 36.0 Å². The first kappa shape index (κ1) is 11.7. The lowest BCUT2D eigenvalue weighted by Gasteiger charge is -2.07. The number of hydrogen-bond donors (Lipinski definition) is 1. The number of hydrogen-bond acceptors (Lipinski definition) is 2. The van der Waals surface area contributed by atoms with E-state index in [-0.39, 0.29) is 0 Å². The summed E-state index contributed by atoms with van der Waals surface area (Å²) in [5, 5.41) is 4.12. The zero-order valence-electron chi connectivity index (χ0n) is 8.42. The zero-order valence-corrected chi connectivity index (χ0v) is 10.00. The number of halogens is 1. The molecule has 78 valence electrons. The van der Waals surface area contributed by atoms with E-state index in [0.29, 0.717) is 0 Å². The maximum atomic E-state index is 6.00. The molecule has 0 unspecified atom stereocenters. The van der Waals surface area contributed by atoms with Crippen LogP contribution in [0.3, 0.4) is 0 Å². The van der Waals surface area contributed by atoms with Crippen LogP contribution in [0.2, 0.25) is 5.02 Å². The van der Waals surface area contributed by atoms with Crippen molar-refractivity contribution in [1.29, 1.82) is 0 Å². The van der Waals surface area contributed by atoms with Gasteiger partial charge in [-0.3, -0.25) is 0 Å². The summed E-state index contributed by atoms with van der Waals surface area (Å²) in [6, 6.07) is 7.85. The van der Waals surface area contributed by atoms with E-state index in [0.717, 1.165) is 23.0 Å². The minimum absolute atomic E-state index is 0.799. The Morgan fingerprint density at radius 3 is 2.79 bits per heavy atom. The number of nitrogens with one attached hydrogen (secondary N) is 1. The fourth-order valence-electron chi connectivity index (χ4n) is 1.11. The Labute approximate surface area is 95.2 Å². The van der Waals surface area contributed by atoms with Crippen molar-refractivity contribution in [1.82, 2.24) is 0 Å². The average molecular weight is 230 g/mol. The molecule has 0 heterocycles. The summed E-state index contributed by atoms with van der Waals surface area (Å²) in [6.07, 6.45) is 1.25. The Hall–Kier alpha value is -0.340. The third-order valence-corrected chi connectivity index (χ3v) is 3.30. The monoisotopic (exact) mass is 229 g/mol. The Bertz CT molecular complexity index is 265. The zero-order chi connectivity index (χ0) is 10.2. The first-order valence-electron chi connectivity index (χ1n) is 4.90. The third kappa shape index (κ3) is 4.25. The molecule has 1 nitrogen and oxygen atoms in total. The molecule has 0 saturated heterocycles. The molecular formula is C11H16ClNS. The van der Waals surface area contributed by atoms with Crippen molar-refractivity contribution in [3.63, 3.8) is 0 Å². The van der Waals surface area contributed by atoms with Gasteiger partial charge < -0.3 is 5.32 Å². The molecule has 1 aromatic carbocycles. The molecule has 0 bridgehead atoms. The highest BCUT2D eigenvalue weighted by Crippen LogP contribution is 2.20. The molecule has 0 aliphatic heterocycles. The molecule has 0 saturated carbocycles. The Morgan fingerprint density at radius 2 is 2.07 bits per heavy atom. The van der Waals surface area contributed by atoms with Gasteiger partial charge in [-0.2, -0.15) is 11.8 Å². The molecule has 0 atom stereocenters. The third-order valence-electron chi connectivity index (χ3n) is 1.78. The summed E-state index contributed by atoms with van der Waals surface area (Å²) in [5.74, 6) is 2.38. The first-order chi connectivity index (χ1) is 6.84. The van der Waals surface area contributed by atoms with Crippen LogP contribution in [0.15, 0.2) is 24.3 Å². The van der Waals surface area contributed by atoms with Crippen LogP contribution < -0.4 is 5.32 Å². The number of thioether (sulfide) groups is 1. The molecule has 0 aliphatic rings. The summed E-state index contributed by atoms with van der Waals surface area (Å²) in [7, 11) is 0. The molecule has 1 rings (SSSR count). The van der Waals surface area contributed by atoms with Gasteiger partial charge in [0.15, 0.2) is 0 Å². The van der Waals surface area contributed by atoms with Gasteiger partial charge in [0.25, 0.3) is 0 Å². The predicted molar refractivity (Wildman–Crippen MR) is 67.6 cm³/mol. The van der Waals surface area contributed by atoms with Crippen LogP contribution in [0, 0.1) is 0 Å². The van der Waals surface area contributed by atoms with Gasteiger partial charge in [-0.05, 0) is 24.3 Å². The second-order valence-electron chi connectivity index (χ2n) is 3.02. The molecule has 0 spiro atoms. The van der Waals surface area contributed by atoms with Gasteiger partial charge >= 0.3 is 0 Å². The van der Waals surface area contributed by atoms with Gasteiger partial charge in [0.1, 0.15) is 0 Å². The van der Waals surface area contributed by atoms with Gasteiger partial charge in [0, 0.05) is 12.3 Å². The maximum Gasteiger partial charge on any atom is 0.0637 e. The maximum absolute atomic E-state index is 6.00. The Kier molecular flexibility index (Phi) is 5.88. The van der Waals surface area contributed by atoms with Crippen molar-refractivity contribution in [2.75, 3.05) is 23.4 Å². The van der Waals surface area contributed by atoms with Gasteiger partial charge in [0.05, 0.1) is 10.7 Å². The van der Waals surface area contributed by atoms with Crippen LogP contribution in [-0.4, -0.2) is 18.1 Å². The number of para-hydroxylation sites is 1. The van der Waals surface area contributed by atoms with Gasteiger partial charge in [0.2, 0.25) is 0 Å². The highest BCUT2D eigenvalue weighted by molar-refractivity contribution is 7.99. The summed E-state index contributed by atoms with van der Waals surface area (Å²) in [4.78, 5) is 0. The molecule has 1 N–H and O–H groups in total. The van der Waals surface area contributed by atoms with Crippen molar-refractivity contribution in [2.24, 2.45) is 0 Å². The fourth-order valence-corrected chi connectivity index (χ4v) is 2.05. The van der Waals surface area contributed by atoms with Gasteiger partial charge in [-0.15, -0.1) is 0 Å². The van der Waals surface area contributed by atoms with E-state index >= 15 is 0 Å². The Balaban J connectivity index is 2.21. The highest BCUT2D eigenvalue weighted by atomic mass is 35.5. The van der Waals surface area contributed by atoms with Crippen LogP contribution in [0.4, 0.5) is 5.69 Å². The smallest absolute Gasteiger partial charge is 0.0637 e. The lowest BCUT2D eigenvalue weighted by Crippen LogP contribution is -2.04. The van der Waals surface area contributed by atoms with Crippen molar-refractivity contribution in [3.05, 3.63) is 29.3 Å². The van der Waals surface area contributed by atoms with Crippen LogP contribution in [-0.2, 0) is 0 Å². The fraction of sp³-hybridized carbons (Fsp3) is 0.455. The van der Waals surface area contributed by atoms with Crippen molar-refractivity contribution in [3.8, 4) is 0 Å². The lowest BCUT2D eigenvalue weighted by atomic mass is 10.3. The summed E-state index contributed by atoms with van der Waals surface area (Å²) in [6.45, 7) is 3.18. The molecule has 1 aromatic rings. The van der Waals surface area contributed by atoms with E-state index < -0.39 is 0 Å². The second-order valence-corrected chi connectivity index (χ2v) is 4.65. The van der Waals surface area contributed by atoms with E-state index in [9.17, 15) is 0 Å². The minimum Gasteiger partial charge on any atom is -0.383 e. The van der Waals surface area contributed by atoms with E-state index in [4.69, 9.17) is 11.6 Å². The van der Waals surface area contributed by atoms with E-state index in [1.165, 1.54) is 12.2 Å². The number of benzene rings is 1. The standard InChI is InChI=1S/C11H16ClNS/c1-2-8-14-9-7-13-11-6-4-3-5-10(11)12/h3-6,13H,2,7-9H2,1H3. The second kappa shape index (κ2) is 7.02. The normalized spacial score (nSPS) is 10.1. The van der Waals surface area contributed by atoms with Gasteiger partial charge in [-0.1, -0.05) is 30.7 Å². The molecule has 0 radical (unpaired) electrons. The molecule has 3 heteroatoms. The number of anilines is 1. The lowest BCUT2D eigenvalue weighted by molar-refractivity contribution is 1.10. The minimum atomic E-state index is 0.799. The van der Waals surface area contributed by atoms with E-state index in [1.54, 1.807) is 0 Å². The first-order valence-corrected chi connectivity index (χ1v) is 6.44. The Morgan fingerprint density at radius 1 is 1.29 bits per heavy atom. The quantitative estimate of drug-likeness (QED) is 0.743. The molecule has 0 aliphatic carbocycles. The summed E-state index contributed by atoms with van der Waals surface area (Å²) in [5.41, 5.74) is 1.03. The SMILES string of the molecule is CCCSCCNc1ccccc1Cl. The average Bonchev–Trinajstić information content (AvgIpc) is 2.20. The largest absolute Gasteiger partial charge is 0.383 e. The molecular weight excluding hydrogens is 214 g/mol. The van der Waals surface area contributed by atoms with Crippen LogP contribution in [0.1, 0.15) is 13.3 Å². The molecule has 0 fully saturated rings. The molecule has 0 aromatic heterocycles. The van der Waals surface area contributed by atoms with Gasteiger partial charge in [-0.25, -0.2) is 0 Å². The van der Waals surface area contributed by atoms with Crippen molar-refractivity contribution < 1.29 is 0 Å². The number of rotatable bonds is 6. The van der Waals surface area contributed by atoms with Crippen LogP contribution in [0.25, 0.3) is 0 Å². The predicted octanol–water partition coefficient (Wildman–Crippen LogP) is 3.90. The molecule has 14 heavy (non-hydrogen) atoms. The van der Waals surface area contributed by atoms with Crippen molar-refractivity contribution >= 4 is 29.1 Å². The van der Waals surface area contributed by atoms with Crippen LogP contribution >= 0.6 is 23.4 Å². The molecule has 0 amide bonds. The summed E-state index contributed by atoms with van der Waals surface area (Å²) >= 11 is 7.97. The summed E-state index contributed by atoms with van der Waals surface area (Å²) < 4.78 is 0. The van der Waals surface area contributed by atoms with Crippen molar-refractivity contribution in [2.45, 2.75) is 13.3 Å².